The highest BCUT2D eigenvalue weighted by Gasteiger charge is 2.15. The Labute approximate surface area is 210 Å². The second kappa shape index (κ2) is 14.2. The molecule has 0 bridgehead atoms. The highest BCUT2D eigenvalue weighted by Crippen LogP contribution is 2.21. The second-order valence-corrected chi connectivity index (χ2v) is 9.03. The number of nitrogens with one attached hydrogen (secondary N) is 1. The Morgan fingerprint density at radius 3 is 2.14 bits per heavy atom. The van der Waals surface area contributed by atoms with Crippen LogP contribution in [0.2, 0.25) is 0 Å². The molecule has 1 aliphatic carbocycles. The van der Waals surface area contributed by atoms with E-state index in [1.807, 2.05) is 25.2 Å². The maximum absolute atomic E-state index is 4.84. The Morgan fingerprint density at radius 1 is 0.829 bits per heavy atom. The van der Waals surface area contributed by atoms with E-state index in [-0.39, 0.29) is 0 Å². The van der Waals surface area contributed by atoms with Crippen LogP contribution in [0.4, 0.5) is 5.82 Å². The zero-order chi connectivity index (χ0) is 24.9. The van der Waals surface area contributed by atoms with Crippen molar-refractivity contribution < 1.29 is 0 Å². The summed E-state index contributed by atoms with van der Waals surface area (Å²) in [4.78, 5) is 14.2. The molecular weight excluding hydrogens is 430 g/mol. The van der Waals surface area contributed by atoms with E-state index in [4.69, 9.17) is 9.97 Å². The number of anilines is 1. The van der Waals surface area contributed by atoms with Crippen LogP contribution >= 0.6 is 0 Å². The highest BCUT2D eigenvalue weighted by atomic mass is 15.2. The van der Waals surface area contributed by atoms with Crippen LogP contribution in [0.3, 0.4) is 0 Å². The van der Waals surface area contributed by atoms with Gasteiger partial charge in [-0.15, -0.1) is 0 Å². The first-order chi connectivity index (χ1) is 17.1. The third-order valence-corrected chi connectivity index (χ3v) is 5.69. The molecule has 184 valence electrons. The minimum atomic E-state index is 0.359. The topological polar surface area (TPSA) is 44.3 Å². The molecule has 35 heavy (non-hydrogen) atoms. The first kappa shape index (κ1) is 26.3. The molecule has 1 aliphatic rings. The van der Waals surface area contributed by atoms with E-state index in [2.05, 4.69) is 109 Å². The number of hydrogen-bond donors (Lipinski definition) is 1. The van der Waals surface area contributed by atoms with Gasteiger partial charge in [0.05, 0.1) is 12.1 Å². The van der Waals surface area contributed by atoms with Gasteiger partial charge in [-0.2, -0.15) is 0 Å². The SMILES string of the molecule is CCCN(C)C.CNc1nc(CN(Cc2ccccc2)CC2C=CC=CC=C2)nc2ccccc12. The van der Waals surface area contributed by atoms with Gasteiger partial charge < -0.3 is 10.2 Å². The molecule has 0 atom stereocenters. The van der Waals surface area contributed by atoms with Gasteiger partial charge in [-0.05, 0) is 44.8 Å². The van der Waals surface area contributed by atoms with Crippen molar-refractivity contribution in [1.82, 2.24) is 19.8 Å². The molecule has 0 radical (unpaired) electrons. The lowest BCUT2D eigenvalue weighted by molar-refractivity contribution is 0.238. The molecule has 0 saturated heterocycles. The lowest BCUT2D eigenvalue weighted by Crippen LogP contribution is -2.28. The molecule has 0 amide bonds. The van der Waals surface area contributed by atoms with E-state index in [1.54, 1.807) is 0 Å². The molecule has 4 rings (SSSR count). The first-order valence-electron chi connectivity index (χ1n) is 12.4. The van der Waals surface area contributed by atoms with Crippen LogP contribution in [0.25, 0.3) is 10.9 Å². The van der Waals surface area contributed by atoms with Crippen molar-refractivity contribution in [2.45, 2.75) is 26.4 Å². The van der Waals surface area contributed by atoms with Crippen LogP contribution in [-0.4, -0.2) is 54.0 Å². The van der Waals surface area contributed by atoms with Gasteiger partial charge in [0.15, 0.2) is 0 Å². The zero-order valence-corrected chi connectivity index (χ0v) is 21.6. The van der Waals surface area contributed by atoms with Gasteiger partial charge in [0.1, 0.15) is 11.6 Å². The maximum Gasteiger partial charge on any atom is 0.145 e. The van der Waals surface area contributed by atoms with Crippen LogP contribution in [0.5, 0.6) is 0 Å². The molecule has 1 heterocycles. The number of aromatic nitrogens is 2. The first-order valence-corrected chi connectivity index (χ1v) is 12.4. The van der Waals surface area contributed by atoms with Crippen molar-refractivity contribution >= 4 is 16.7 Å². The van der Waals surface area contributed by atoms with Gasteiger partial charge >= 0.3 is 0 Å². The van der Waals surface area contributed by atoms with Crippen LogP contribution in [0, 0.1) is 5.92 Å². The summed E-state index contributed by atoms with van der Waals surface area (Å²) in [5.74, 6) is 2.07. The number of para-hydroxylation sites is 1. The predicted octanol–water partition coefficient (Wildman–Crippen LogP) is 5.93. The summed E-state index contributed by atoms with van der Waals surface area (Å²) in [5.41, 5.74) is 2.27. The number of nitrogens with zero attached hydrogens (tertiary/aromatic N) is 4. The third-order valence-electron chi connectivity index (χ3n) is 5.69. The fourth-order valence-corrected chi connectivity index (χ4v) is 4.09. The standard InChI is InChI=1S/C25H26N4.C5H13N/c1-26-25-22-15-9-10-16-23(22)27-24(28-25)19-29(18-21-13-7-4-8-14-21)17-20-11-5-2-3-6-12-20;1-4-5-6(2)3/h2-16,20H,17-19H2,1H3,(H,26,27,28);4-5H2,1-3H3. The molecule has 0 unspecified atom stereocenters. The highest BCUT2D eigenvalue weighted by molar-refractivity contribution is 5.88. The smallest absolute Gasteiger partial charge is 0.145 e. The Kier molecular flexibility index (Phi) is 10.7. The van der Waals surface area contributed by atoms with Crippen LogP contribution in [0.1, 0.15) is 24.7 Å². The summed E-state index contributed by atoms with van der Waals surface area (Å²) in [6, 6.07) is 18.7. The van der Waals surface area contributed by atoms with Crippen molar-refractivity contribution in [1.29, 1.82) is 0 Å². The molecule has 0 aliphatic heterocycles. The quantitative estimate of drug-likeness (QED) is 0.421. The van der Waals surface area contributed by atoms with E-state index in [1.165, 1.54) is 18.5 Å². The lowest BCUT2D eigenvalue weighted by Gasteiger charge is -2.24. The van der Waals surface area contributed by atoms with Crippen LogP contribution < -0.4 is 5.32 Å². The normalized spacial score (nSPS) is 13.2. The van der Waals surface area contributed by atoms with Gasteiger partial charge in [0.25, 0.3) is 0 Å². The van der Waals surface area contributed by atoms with Gasteiger partial charge in [-0.3, -0.25) is 4.90 Å². The molecule has 3 aromatic rings. The number of fused-ring (bicyclic) bond motifs is 1. The molecule has 0 fully saturated rings. The largest absolute Gasteiger partial charge is 0.373 e. The fraction of sp³-hybridized carbons (Fsp3) is 0.333. The molecule has 0 spiro atoms. The summed E-state index contributed by atoms with van der Waals surface area (Å²) >= 11 is 0. The maximum atomic E-state index is 4.84. The summed E-state index contributed by atoms with van der Waals surface area (Å²) in [6.45, 7) is 5.85. The Hall–Kier alpha value is -3.28. The monoisotopic (exact) mass is 469 g/mol. The summed E-state index contributed by atoms with van der Waals surface area (Å²) < 4.78 is 0. The molecule has 2 aromatic carbocycles. The van der Waals surface area contributed by atoms with Crippen molar-refractivity contribution in [2.75, 3.05) is 39.5 Å². The average Bonchev–Trinajstić information content (AvgIpc) is 3.13. The molecule has 5 heteroatoms. The zero-order valence-electron chi connectivity index (χ0n) is 21.6. The average molecular weight is 470 g/mol. The van der Waals surface area contributed by atoms with Crippen LogP contribution in [-0.2, 0) is 13.1 Å². The second-order valence-electron chi connectivity index (χ2n) is 9.03. The van der Waals surface area contributed by atoms with E-state index >= 15 is 0 Å². The lowest BCUT2D eigenvalue weighted by atomic mass is 10.1. The Bertz CT molecular complexity index is 1100. The number of rotatable bonds is 9. The Balaban J connectivity index is 0.000000509. The Morgan fingerprint density at radius 2 is 1.51 bits per heavy atom. The molecule has 1 N–H and O–H groups in total. The van der Waals surface area contributed by atoms with Crippen LogP contribution in [0.15, 0.2) is 91.1 Å². The minimum Gasteiger partial charge on any atom is -0.373 e. The van der Waals surface area contributed by atoms with Crippen molar-refractivity contribution in [3.63, 3.8) is 0 Å². The third kappa shape index (κ3) is 8.78. The fourth-order valence-electron chi connectivity index (χ4n) is 4.09. The molecular formula is C30H39N5. The van der Waals surface area contributed by atoms with E-state index in [0.717, 1.165) is 35.6 Å². The van der Waals surface area contributed by atoms with Gasteiger partial charge in [0.2, 0.25) is 0 Å². The van der Waals surface area contributed by atoms with Crippen molar-refractivity contribution in [3.05, 3.63) is 102 Å². The molecule has 1 aromatic heterocycles. The van der Waals surface area contributed by atoms with E-state index in [9.17, 15) is 0 Å². The predicted molar refractivity (Wildman–Crippen MR) is 149 cm³/mol. The van der Waals surface area contributed by atoms with E-state index in [0.29, 0.717) is 12.5 Å². The molecule has 0 saturated carbocycles. The van der Waals surface area contributed by atoms with Crippen molar-refractivity contribution in [3.8, 4) is 0 Å². The summed E-state index contributed by atoms with van der Waals surface area (Å²) in [6.07, 6.45) is 14.1. The van der Waals surface area contributed by atoms with Gasteiger partial charge in [0, 0.05) is 31.4 Å². The minimum absolute atomic E-state index is 0.359. The summed E-state index contributed by atoms with van der Waals surface area (Å²) in [5, 5.41) is 4.27. The van der Waals surface area contributed by atoms with Gasteiger partial charge in [-0.1, -0.05) is 85.8 Å². The van der Waals surface area contributed by atoms with Gasteiger partial charge in [-0.25, -0.2) is 9.97 Å². The number of hydrogen-bond acceptors (Lipinski definition) is 5. The number of benzene rings is 2. The summed E-state index contributed by atoms with van der Waals surface area (Å²) in [7, 11) is 6.08. The van der Waals surface area contributed by atoms with E-state index < -0.39 is 0 Å². The number of allylic oxidation sites excluding steroid dienone is 4. The van der Waals surface area contributed by atoms with Crippen molar-refractivity contribution in [2.24, 2.45) is 5.92 Å². The molecule has 5 nitrogen and oxygen atoms in total.